The van der Waals surface area contributed by atoms with Crippen molar-refractivity contribution in [2.45, 2.75) is 39.8 Å². The Kier molecular flexibility index (Phi) is 7.24. The van der Waals surface area contributed by atoms with Gasteiger partial charge in [0.2, 0.25) is 0 Å². The second-order valence-electron chi connectivity index (χ2n) is 4.35. The number of thioether (sulfide) groups is 1. The number of hydrogen-bond acceptors (Lipinski definition) is 2. The molecule has 1 N–H and O–H groups in total. The lowest BCUT2D eigenvalue weighted by atomic mass is 10.1. The molecular formula is C14H22BrNS. The van der Waals surface area contributed by atoms with E-state index in [-0.39, 0.29) is 0 Å². The summed E-state index contributed by atoms with van der Waals surface area (Å²) < 4.78 is 1.19. The SMILES string of the molecule is CCSCCC(C)NCc1ccc(Br)c(C)c1. The van der Waals surface area contributed by atoms with Crippen molar-refractivity contribution >= 4 is 27.7 Å². The molecule has 1 atom stereocenters. The molecule has 0 spiro atoms. The molecule has 1 aromatic carbocycles. The summed E-state index contributed by atoms with van der Waals surface area (Å²) in [4.78, 5) is 0. The normalized spacial score (nSPS) is 12.7. The average molecular weight is 316 g/mol. The Labute approximate surface area is 118 Å². The van der Waals surface area contributed by atoms with Crippen LogP contribution >= 0.6 is 27.7 Å². The molecule has 0 saturated carbocycles. The Morgan fingerprint density at radius 1 is 1.41 bits per heavy atom. The minimum absolute atomic E-state index is 0.595. The van der Waals surface area contributed by atoms with Gasteiger partial charge in [-0.05, 0) is 49.0 Å². The Morgan fingerprint density at radius 2 is 2.18 bits per heavy atom. The van der Waals surface area contributed by atoms with E-state index in [4.69, 9.17) is 0 Å². The number of hydrogen-bond donors (Lipinski definition) is 1. The van der Waals surface area contributed by atoms with E-state index in [1.165, 1.54) is 33.5 Å². The summed E-state index contributed by atoms with van der Waals surface area (Å²) in [7, 11) is 0. The van der Waals surface area contributed by atoms with Crippen LogP contribution in [0.3, 0.4) is 0 Å². The summed E-state index contributed by atoms with van der Waals surface area (Å²) in [5.74, 6) is 2.47. The smallest absolute Gasteiger partial charge is 0.0208 e. The maximum atomic E-state index is 3.58. The third-order valence-electron chi connectivity index (χ3n) is 2.78. The Hall–Kier alpha value is 0.01000. The summed E-state index contributed by atoms with van der Waals surface area (Å²) >= 11 is 5.54. The second kappa shape index (κ2) is 8.17. The van der Waals surface area contributed by atoms with Crippen molar-refractivity contribution in [1.82, 2.24) is 5.32 Å². The standard InChI is InChI=1S/C14H22BrNS/c1-4-17-8-7-12(3)16-10-13-5-6-14(15)11(2)9-13/h5-6,9,12,16H,4,7-8,10H2,1-3H3. The van der Waals surface area contributed by atoms with E-state index < -0.39 is 0 Å². The van der Waals surface area contributed by atoms with Crippen molar-refractivity contribution in [2.75, 3.05) is 11.5 Å². The minimum Gasteiger partial charge on any atom is -0.310 e. The molecule has 0 aromatic heterocycles. The van der Waals surface area contributed by atoms with Gasteiger partial charge in [-0.1, -0.05) is 35.0 Å². The summed E-state index contributed by atoms with van der Waals surface area (Å²) in [5, 5.41) is 3.58. The van der Waals surface area contributed by atoms with E-state index in [0.717, 1.165) is 6.54 Å². The number of aryl methyl sites for hydroxylation is 1. The molecule has 1 unspecified atom stereocenters. The Balaban J connectivity index is 2.31. The fraction of sp³-hybridized carbons (Fsp3) is 0.571. The number of rotatable bonds is 7. The maximum absolute atomic E-state index is 3.58. The van der Waals surface area contributed by atoms with Crippen LogP contribution in [0, 0.1) is 6.92 Å². The zero-order valence-electron chi connectivity index (χ0n) is 10.9. The minimum atomic E-state index is 0.595. The highest BCUT2D eigenvalue weighted by atomic mass is 79.9. The van der Waals surface area contributed by atoms with Crippen LogP contribution in [0.5, 0.6) is 0 Å². The van der Waals surface area contributed by atoms with Gasteiger partial charge in [-0.15, -0.1) is 0 Å². The lowest BCUT2D eigenvalue weighted by Crippen LogP contribution is -2.26. The van der Waals surface area contributed by atoms with Crippen LogP contribution in [0.4, 0.5) is 0 Å². The maximum Gasteiger partial charge on any atom is 0.0208 e. The van der Waals surface area contributed by atoms with Crippen LogP contribution in [0.2, 0.25) is 0 Å². The quantitative estimate of drug-likeness (QED) is 0.749. The number of benzene rings is 1. The van der Waals surface area contributed by atoms with Gasteiger partial charge in [-0.3, -0.25) is 0 Å². The molecule has 0 bridgehead atoms. The van der Waals surface area contributed by atoms with Gasteiger partial charge >= 0.3 is 0 Å². The molecule has 96 valence electrons. The van der Waals surface area contributed by atoms with Crippen molar-refractivity contribution in [2.24, 2.45) is 0 Å². The van der Waals surface area contributed by atoms with Crippen LogP contribution in [0.1, 0.15) is 31.4 Å². The predicted octanol–water partition coefficient (Wildman–Crippen LogP) is 4.38. The first-order valence-electron chi connectivity index (χ1n) is 6.19. The molecule has 0 saturated heterocycles. The van der Waals surface area contributed by atoms with Crippen molar-refractivity contribution in [3.63, 3.8) is 0 Å². The molecule has 0 aliphatic heterocycles. The summed E-state index contributed by atoms with van der Waals surface area (Å²) in [6.45, 7) is 7.58. The van der Waals surface area contributed by atoms with Crippen LogP contribution in [-0.2, 0) is 6.54 Å². The van der Waals surface area contributed by atoms with E-state index in [1.54, 1.807) is 0 Å². The van der Waals surface area contributed by atoms with Crippen LogP contribution in [0.15, 0.2) is 22.7 Å². The van der Waals surface area contributed by atoms with Crippen LogP contribution in [0.25, 0.3) is 0 Å². The molecule has 1 nitrogen and oxygen atoms in total. The van der Waals surface area contributed by atoms with Crippen molar-refractivity contribution in [3.8, 4) is 0 Å². The van der Waals surface area contributed by atoms with E-state index in [9.17, 15) is 0 Å². The highest BCUT2D eigenvalue weighted by Gasteiger charge is 2.02. The van der Waals surface area contributed by atoms with Gasteiger partial charge in [-0.2, -0.15) is 11.8 Å². The van der Waals surface area contributed by atoms with Crippen molar-refractivity contribution < 1.29 is 0 Å². The molecule has 0 fully saturated rings. The first-order valence-corrected chi connectivity index (χ1v) is 8.14. The zero-order chi connectivity index (χ0) is 12.7. The molecule has 0 heterocycles. The highest BCUT2D eigenvalue weighted by molar-refractivity contribution is 9.10. The monoisotopic (exact) mass is 315 g/mol. The van der Waals surface area contributed by atoms with E-state index in [1.807, 2.05) is 11.8 Å². The summed E-state index contributed by atoms with van der Waals surface area (Å²) in [6, 6.07) is 7.14. The average Bonchev–Trinajstić information content (AvgIpc) is 2.31. The van der Waals surface area contributed by atoms with Gasteiger partial charge in [0.1, 0.15) is 0 Å². The molecular weight excluding hydrogens is 294 g/mol. The first-order chi connectivity index (χ1) is 8.13. The molecule has 1 rings (SSSR count). The van der Waals surface area contributed by atoms with Gasteiger partial charge in [0.15, 0.2) is 0 Å². The molecule has 1 aromatic rings. The van der Waals surface area contributed by atoms with Gasteiger partial charge in [0, 0.05) is 17.1 Å². The largest absolute Gasteiger partial charge is 0.310 e. The van der Waals surface area contributed by atoms with E-state index in [0.29, 0.717) is 6.04 Å². The fourth-order valence-electron chi connectivity index (χ4n) is 1.62. The summed E-state index contributed by atoms with van der Waals surface area (Å²) in [6.07, 6.45) is 1.24. The van der Waals surface area contributed by atoms with Gasteiger partial charge in [0.25, 0.3) is 0 Å². The topological polar surface area (TPSA) is 12.0 Å². The van der Waals surface area contributed by atoms with Gasteiger partial charge < -0.3 is 5.32 Å². The molecule has 0 radical (unpaired) electrons. The molecule has 0 aliphatic rings. The molecule has 0 aliphatic carbocycles. The number of halogens is 1. The van der Waals surface area contributed by atoms with Crippen LogP contribution in [-0.4, -0.2) is 17.5 Å². The summed E-state index contributed by atoms with van der Waals surface area (Å²) in [5.41, 5.74) is 2.67. The van der Waals surface area contributed by atoms with Gasteiger partial charge in [0.05, 0.1) is 0 Å². The second-order valence-corrected chi connectivity index (χ2v) is 6.60. The molecule has 17 heavy (non-hydrogen) atoms. The van der Waals surface area contributed by atoms with Crippen LogP contribution < -0.4 is 5.32 Å². The third-order valence-corrected chi connectivity index (χ3v) is 4.60. The zero-order valence-corrected chi connectivity index (χ0v) is 13.3. The van der Waals surface area contributed by atoms with Crippen molar-refractivity contribution in [1.29, 1.82) is 0 Å². The predicted molar refractivity (Wildman–Crippen MR) is 82.8 cm³/mol. The highest BCUT2D eigenvalue weighted by Crippen LogP contribution is 2.17. The lowest BCUT2D eigenvalue weighted by Gasteiger charge is -2.14. The first kappa shape index (κ1) is 15.1. The van der Waals surface area contributed by atoms with Crippen molar-refractivity contribution in [3.05, 3.63) is 33.8 Å². The fourth-order valence-corrected chi connectivity index (χ4v) is 2.67. The lowest BCUT2D eigenvalue weighted by molar-refractivity contribution is 0.537. The molecule has 0 amide bonds. The number of nitrogens with one attached hydrogen (secondary N) is 1. The van der Waals surface area contributed by atoms with Gasteiger partial charge in [-0.25, -0.2) is 0 Å². The molecule has 3 heteroatoms. The Bertz CT molecular complexity index is 341. The van der Waals surface area contributed by atoms with E-state index in [2.05, 4.69) is 60.2 Å². The van der Waals surface area contributed by atoms with E-state index >= 15 is 0 Å². The Morgan fingerprint density at radius 3 is 2.82 bits per heavy atom. The third kappa shape index (κ3) is 5.94.